The maximum Gasteiger partial charge on any atom is 0.416 e. The largest absolute Gasteiger partial charge is 0.416 e. The number of carbonyl (C=O) groups is 1. The smallest absolute Gasteiger partial charge is 0.352 e. The van der Waals surface area contributed by atoms with Crippen LogP contribution in [0.2, 0.25) is 0 Å². The van der Waals surface area contributed by atoms with Crippen LogP contribution in [-0.4, -0.2) is 28.9 Å². The van der Waals surface area contributed by atoms with Gasteiger partial charge in [0.2, 0.25) is 5.91 Å². The van der Waals surface area contributed by atoms with E-state index in [1.807, 2.05) is 30.5 Å². The van der Waals surface area contributed by atoms with Crippen molar-refractivity contribution in [2.45, 2.75) is 32.1 Å². The molecule has 1 amide bonds. The summed E-state index contributed by atoms with van der Waals surface area (Å²) in [7, 11) is 0. The summed E-state index contributed by atoms with van der Waals surface area (Å²) in [4.78, 5) is 19.2. The molecule has 3 aromatic rings. The van der Waals surface area contributed by atoms with E-state index in [1.165, 1.54) is 11.6 Å². The van der Waals surface area contributed by atoms with E-state index in [2.05, 4.69) is 27.3 Å². The summed E-state index contributed by atoms with van der Waals surface area (Å²) in [6.07, 6.45) is 0.685. The average molecular weight is 454 g/mol. The summed E-state index contributed by atoms with van der Waals surface area (Å²) in [5.41, 5.74) is 3.21. The molecule has 0 aliphatic carbocycles. The summed E-state index contributed by atoms with van der Waals surface area (Å²) < 4.78 is 38.6. The molecule has 4 rings (SSSR count). The Hall–Kier alpha value is -3.19. The van der Waals surface area contributed by atoms with Crippen LogP contribution in [0, 0.1) is 5.92 Å². The minimum atomic E-state index is -4.39. The molecule has 7 heteroatoms. The van der Waals surface area contributed by atoms with E-state index < -0.39 is 11.7 Å². The summed E-state index contributed by atoms with van der Waals surface area (Å²) in [5.74, 6) is -0.219. The molecular weight excluding hydrogens is 427 g/mol. The number of alkyl halides is 3. The minimum absolute atomic E-state index is 0.0946. The van der Waals surface area contributed by atoms with Crippen molar-refractivity contribution in [3.05, 3.63) is 89.7 Å². The highest BCUT2D eigenvalue weighted by Gasteiger charge is 2.30. The fraction of sp³-hybridized carbons (Fsp3) is 0.308. The molecule has 1 aromatic heterocycles. The van der Waals surface area contributed by atoms with E-state index in [9.17, 15) is 18.0 Å². The number of likely N-dealkylation sites (tertiary alicyclic amines) is 1. The molecule has 0 saturated carbocycles. The number of benzene rings is 2. The summed E-state index contributed by atoms with van der Waals surface area (Å²) in [6.45, 7) is 2.48. The first-order valence-corrected chi connectivity index (χ1v) is 11.0. The Morgan fingerprint density at radius 3 is 2.55 bits per heavy atom. The molecule has 172 valence electrons. The lowest BCUT2D eigenvalue weighted by molar-refractivity contribution is -0.137. The van der Waals surface area contributed by atoms with Crippen molar-refractivity contribution in [2.24, 2.45) is 5.92 Å². The third-order valence-electron chi connectivity index (χ3n) is 6.06. The number of pyridine rings is 1. The highest BCUT2D eigenvalue weighted by atomic mass is 19.4. The van der Waals surface area contributed by atoms with Gasteiger partial charge in [0.15, 0.2) is 0 Å². The van der Waals surface area contributed by atoms with Crippen molar-refractivity contribution in [3.63, 3.8) is 0 Å². The van der Waals surface area contributed by atoms with Crippen LogP contribution in [0.5, 0.6) is 0 Å². The monoisotopic (exact) mass is 453 g/mol. The molecule has 0 unspecified atom stereocenters. The van der Waals surface area contributed by atoms with Crippen LogP contribution in [0.1, 0.15) is 29.5 Å². The van der Waals surface area contributed by atoms with Crippen LogP contribution >= 0.6 is 0 Å². The van der Waals surface area contributed by atoms with E-state index in [4.69, 9.17) is 0 Å². The maximum absolute atomic E-state index is 12.9. The van der Waals surface area contributed by atoms with Crippen LogP contribution in [0.15, 0.2) is 73.1 Å². The lowest BCUT2D eigenvalue weighted by atomic mass is 9.94. The normalized spacial score (nSPS) is 15.4. The van der Waals surface area contributed by atoms with Crippen molar-refractivity contribution >= 4 is 5.91 Å². The van der Waals surface area contributed by atoms with Gasteiger partial charge in [-0.1, -0.05) is 42.5 Å². The Morgan fingerprint density at radius 1 is 1.03 bits per heavy atom. The predicted octanol–water partition coefficient (Wildman–Crippen LogP) is 5.30. The Kier molecular flexibility index (Phi) is 7.08. The molecule has 1 aliphatic heterocycles. The molecule has 0 bridgehead atoms. The Morgan fingerprint density at radius 2 is 1.82 bits per heavy atom. The van der Waals surface area contributed by atoms with Gasteiger partial charge in [0.25, 0.3) is 0 Å². The molecule has 0 atom stereocenters. The van der Waals surface area contributed by atoms with Crippen LogP contribution in [0.25, 0.3) is 11.1 Å². The third kappa shape index (κ3) is 5.99. The fourth-order valence-corrected chi connectivity index (χ4v) is 4.25. The van der Waals surface area contributed by atoms with Gasteiger partial charge >= 0.3 is 6.18 Å². The molecule has 1 saturated heterocycles. The first-order chi connectivity index (χ1) is 15.9. The van der Waals surface area contributed by atoms with Crippen molar-refractivity contribution in [3.8, 4) is 11.1 Å². The number of amides is 1. The second kappa shape index (κ2) is 10.2. The van der Waals surface area contributed by atoms with Gasteiger partial charge in [0, 0.05) is 37.0 Å². The van der Waals surface area contributed by atoms with Gasteiger partial charge in [-0.2, -0.15) is 13.2 Å². The molecule has 0 radical (unpaired) electrons. The van der Waals surface area contributed by atoms with Crippen molar-refractivity contribution < 1.29 is 18.0 Å². The SMILES string of the molecule is O=C(NCc1cccc(C(F)(F)F)c1)C1CCN(Cc2ccccc2-c2cccnc2)CC1. The number of hydrogen-bond donors (Lipinski definition) is 1. The van der Waals surface area contributed by atoms with Crippen LogP contribution in [0.4, 0.5) is 13.2 Å². The first kappa shape index (κ1) is 23.0. The lowest BCUT2D eigenvalue weighted by Crippen LogP contribution is -2.40. The molecule has 2 heterocycles. The molecular formula is C26H26F3N3O. The van der Waals surface area contributed by atoms with Crippen molar-refractivity contribution in [2.75, 3.05) is 13.1 Å². The third-order valence-corrected chi connectivity index (χ3v) is 6.06. The van der Waals surface area contributed by atoms with Crippen LogP contribution in [0.3, 0.4) is 0 Å². The van der Waals surface area contributed by atoms with E-state index in [1.54, 1.807) is 12.3 Å². The maximum atomic E-state index is 12.9. The highest BCUT2D eigenvalue weighted by Crippen LogP contribution is 2.30. The number of nitrogens with one attached hydrogen (secondary N) is 1. The molecule has 1 aliphatic rings. The van der Waals surface area contributed by atoms with Gasteiger partial charge in [-0.05, 0) is 60.8 Å². The second-order valence-corrected chi connectivity index (χ2v) is 8.37. The van der Waals surface area contributed by atoms with E-state index in [-0.39, 0.29) is 18.4 Å². The number of rotatable bonds is 6. The van der Waals surface area contributed by atoms with Crippen LogP contribution < -0.4 is 5.32 Å². The molecule has 2 aromatic carbocycles. The van der Waals surface area contributed by atoms with Gasteiger partial charge in [0.05, 0.1) is 5.56 Å². The second-order valence-electron chi connectivity index (χ2n) is 8.37. The van der Waals surface area contributed by atoms with Gasteiger partial charge in [-0.3, -0.25) is 14.7 Å². The molecule has 0 spiro atoms. The average Bonchev–Trinajstić information content (AvgIpc) is 2.83. The Bertz CT molecular complexity index is 1080. The molecule has 1 fully saturated rings. The minimum Gasteiger partial charge on any atom is -0.352 e. The number of hydrogen-bond acceptors (Lipinski definition) is 3. The molecule has 33 heavy (non-hydrogen) atoms. The topological polar surface area (TPSA) is 45.2 Å². The van der Waals surface area contributed by atoms with Gasteiger partial charge in [-0.15, -0.1) is 0 Å². The van der Waals surface area contributed by atoms with Crippen molar-refractivity contribution in [1.29, 1.82) is 0 Å². The predicted molar refractivity (Wildman–Crippen MR) is 121 cm³/mol. The highest BCUT2D eigenvalue weighted by molar-refractivity contribution is 5.78. The zero-order chi connectivity index (χ0) is 23.3. The number of carbonyl (C=O) groups excluding carboxylic acids is 1. The fourth-order valence-electron chi connectivity index (χ4n) is 4.25. The quantitative estimate of drug-likeness (QED) is 0.551. The van der Waals surface area contributed by atoms with Gasteiger partial charge in [0.1, 0.15) is 0 Å². The lowest BCUT2D eigenvalue weighted by Gasteiger charge is -2.31. The standard InChI is InChI=1S/C26H26F3N3O/c27-26(28,29)23-8-3-5-19(15-23)16-31-25(33)20-10-13-32(14-11-20)18-22-6-1-2-9-24(22)21-7-4-12-30-17-21/h1-9,12,15,17,20H,10-11,13-14,16,18H2,(H,31,33). The number of aromatic nitrogens is 1. The first-order valence-electron chi connectivity index (χ1n) is 11.0. The number of halogens is 3. The summed E-state index contributed by atoms with van der Waals surface area (Å²) in [6, 6.07) is 17.3. The zero-order valence-electron chi connectivity index (χ0n) is 18.2. The van der Waals surface area contributed by atoms with Crippen molar-refractivity contribution in [1.82, 2.24) is 15.2 Å². The number of piperidine rings is 1. The molecule has 1 N–H and O–H groups in total. The van der Waals surface area contributed by atoms with E-state index in [0.717, 1.165) is 55.7 Å². The van der Waals surface area contributed by atoms with E-state index in [0.29, 0.717) is 5.56 Å². The Labute approximate surface area is 191 Å². The van der Waals surface area contributed by atoms with Gasteiger partial charge in [-0.25, -0.2) is 0 Å². The summed E-state index contributed by atoms with van der Waals surface area (Å²) in [5, 5.41) is 2.81. The number of nitrogens with zero attached hydrogens (tertiary/aromatic N) is 2. The van der Waals surface area contributed by atoms with Gasteiger partial charge < -0.3 is 5.32 Å². The van der Waals surface area contributed by atoms with Crippen LogP contribution in [-0.2, 0) is 24.1 Å². The summed E-state index contributed by atoms with van der Waals surface area (Å²) >= 11 is 0. The molecule has 4 nitrogen and oxygen atoms in total. The zero-order valence-corrected chi connectivity index (χ0v) is 18.2. The Balaban J connectivity index is 1.30. The van der Waals surface area contributed by atoms with E-state index >= 15 is 0 Å².